The van der Waals surface area contributed by atoms with Crippen LogP contribution in [0.15, 0.2) is 57.1 Å². The van der Waals surface area contributed by atoms with Crippen molar-refractivity contribution < 1.29 is 9.94 Å². The quantitative estimate of drug-likeness (QED) is 0.439. The number of H-pyrrole nitrogens is 1. The lowest BCUT2D eigenvalue weighted by molar-refractivity contribution is 0.119. The number of aromatic amines is 1. The lowest BCUT2D eigenvalue weighted by atomic mass is 10.0. The monoisotopic (exact) mass is 452 g/mol. The Bertz CT molecular complexity index is 1130. The number of halogens is 1. The van der Waals surface area contributed by atoms with Crippen LogP contribution in [0.25, 0.3) is 10.9 Å². The van der Waals surface area contributed by atoms with Crippen molar-refractivity contribution in [3.8, 4) is 5.88 Å². The molecule has 1 fully saturated rings. The highest BCUT2D eigenvalue weighted by molar-refractivity contribution is 9.10. The van der Waals surface area contributed by atoms with Gasteiger partial charge < -0.3 is 14.9 Å². The highest BCUT2D eigenvalue weighted by Crippen LogP contribution is 2.36. The molecule has 0 unspecified atom stereocenters. The van der Waals surface area contributed by atoms with Crippen LogP contribution in [-0.2, 0) is 4.84 Å². The van der Waals surface area contributed by atoms with Crippen molar-refractivity contribution in [2.75, 3.05) is 26.2 Å². The molecule has 0 bridgehead atoms. The number of benzene rings is 2. The molecule has 0 atom stereocenters. The molecule has 3 heterocycles. The van der Waals surface area contributed by atoms with Crippen LogP contribution in [-0.4, -0.2) is 52.7 Å². The highest BCUT2D eigenvalue weighted by Gasteiger charge is 2.29. The van der Waals surface area contributed by atoms with E-state index in [4.69, 9.17) is 9.83 Å². The van der Waals surface area contributed by atoms with Gasteiger partial charge in [0.2, 0.25) is 0 Å². The molecule has 5 rings (SSSR count). The van der Waals surface area contributed by atoms with Crippen LogP contribution in [0.4, 0.5) is 5.69 Å². The summed E-state index contributed by atoms with van der Waals surface area (Å²) in [6.45, 7) is 3.67. The third-order valence-electron chi connectivity index (χ3n) is 5.45. The predicted molar refractivity (Wildman–Crippen MR) is 118 cm³/mol. The Morgan fingerprint density at radius 3 is 2.86 bits per heavy atom. The number of rotatable bonds is 5. The molecule has 29 heavy (non-hydrogen) atoms. The number of fused-ring (bicyclic) bond motifs is 2. The summed E-state index contributed by atoms with van der Waals surface area (Å²) in [6.07, 6.45) is 2.52. The fraction of sp³-hybridized carbons (Fsp3) is 0.273. The smallest absolute Gasteiger partial charge is 0.199 e. The molecule has 1 saturated heterocycles. The van der Waals surface area contributed by atoms with Crippen LogP contribution in [0.5, 0.6) is 5.88 Å². The molecule has 2 aromatic carbocycles. The van der Waals surface area contributed by atoms with Crippen molar-refractivity contribution in [1.29, 1.82) is 0 Å². The topological polar surface area (TPSA) is 73.2 Å². The number of aromatic nitrogens is 1. The molecule has 0 radical (unpaired) electrons. The highest BCUT2D eigenvalue weighted by atomic mass is 79.9. The van der Waals surface area contributed by atoms with E-state index in [1.807, 2.05) is 42.5 Å². The first-order chi connectivity index (χ1) is 14.2. The number of aromatic hydroxyl groups is 1. The van der Waals surface area contributed by atoms with Crippen LogP contribution >= 0.6 is 15.9 Å². The van der Waals surface area contributed by atoms with Gasteiger partial charge in [-0.3, -0.25) is 4.90 Å². The molecule has 2 aliphatic heterocycles. The third kappa shape index (κ3) is 3.45. The van der Waals surface area contributed by atoms with Crippen molar-refractivity contribution in [3.05, 3.63) is 58.1 Å². The molecule has 7 heteroatoms. The van der Waals surface area contributed by atoms with Gasteiger partial charge in [0.1, 0.15) is 18.0 Å². The minimum Gasteiger partial charge on any atom is -0.494 e. The summed E-state index contributed by atoms with van der Waals surface area (Å²) < 4.78 is 0.939. The zero-order chi connectivity index (χ0) is 19.8. The van der Waals surface area contributed by atoms with E-state index in [1.54, 1.807) is 0 Å². The van der Waals surface area contributed by atoms with Gasteiger partial charge in [-0.15, -0.1) is 0 Å². The zero-order valence-corrected chi connectivity index (χ0v) is 17.4. The molecule has 2 N–H and O–H groups in total. The normalized spacial score (nSPS) is 17.8. The van der Waals surface area contributed by atoms with Gasteiger partial charge >= 0.3 is 0 Å². The lowest BCUT2D eigenvalue weighted by Gasteiger charge is -2.13. The Kier molecular flexibility index (Phi) is 4.85. The molecule has 1 aromatic heterocycles. The predicted octanol–water partition coefficient (Wildman–Crippen LogP) is 4.59. The van der Waals surface area contributed by atoms with E-state index >= 15 is 0 Å². The summed E-state index contributed by atoms with van der Waals surface area (Å²) >= 11 is 3.48. The summed E-state index contributed by atoms with van der Waals surface area (Å²) in [5.74, 6) is 0.0782. The molecular weight excluding hydrogens is 432 g/mol. The summed E-state index contributed by atoms with van der Waals surface area (Å²) in [4.78, 5) is 15.9. The second-order valence-corrected chi connectivity index (χ2v) is 8.25. The van der Waals surface area contributed by atoms with Gasteiger partial charge in [-0.05, 0) is 44.1 Å². The Morgan fingerprint density at radius 1 is 1.17 bits per heavy atom. The van der Waals surface area contributed by atoms with Crippen molar-refractivity contribution in [2.45, 2.75) is 12.8 Å². The van der Waals surface area contributed by atoms with Crippen molar-refractivity contribution in [2.24, 2.45) is 10.1 Å². The minimum atomic E-state index is 0.0782. The van der Waals surface area contributed by atoms with Gasteiger partial charge in [0, 0.05) is 22.0 Å². The number of para-hydroxylation sites is 1. The van der Waals surface area contributed by atoms with Crippen LogP contribution in [0.2, 0.25) is 0 Å². The van der Waals surface area contributed by atoms with Gasteiger partial charge in [-0.1, -0.05) is 45.4 Å². The summed E-state index contributed by atoms with van der Waals surface area (Å²) in [5.41, 5.74) is 4.50. The SMILES string of the molecule is Oc1[nH]c2cc(Br)ccc2c1C1=Nc2ccccc2/C1=N/OCCN1CCCC1. The summed E-state index contributed by atoms with van der Waals surface area (Å²) in [6, 6.07) is 13.7. The number of nitrogens with zero attached hydrogens (tertiary/aromatic N) is 3. The van der Waals surface area contributed by atoms with Crippen LogP contribution in [0.1, 0.15) is 24.0 Å². The average Bonchev–Trinajstić information content (AvgIpc) is 3.42. The maximum absolute atomic E-state index is 10.6. The van der Waals surface area contributed by atoms with E-state index in [0.29, 0.717) is 23.6 Å². The molecule has 0 spiro atoms. The van der Waals surface area contributed by atoms with Crippen LogP contribution in [0.3, 0.4) is 0 Å². The first kappa shape index (κ1) is 18.4. The van der Waals surface area contributed by atoms with Crippen LogP contribution in [0, 0.1) is 0 Å². The van der Waals surface area contributed by atoms with E-state index in [9.17, 15) is 5.11 Å². The molecule has 2 aliphatic rings. The minimum absolute atomic E-state index is 0.0782. The molecule has 6 nitrogen and oxygen atoms in total. The van der Waals surface area contributed by atoms with E-state index in [-0.39, 0.29) is 5.88 Å². The van der Waals surface area contributed by atoms with Gasteiger partial charge in [0.05, 0.1) is 16.8 Å². The first-order valence-corrected chi connectivity index (χ1v) is 10.6. The van der Waals surface area contributed by atoms with Crippen molar-refractivity contribution in [3.63, 3.8) is 0 Å². The molecule has 0 amide bonds. The first-order valence-electron chi connectivity index (χ1n) is 9.82. The number of oxime groups is 1. The maximum Gasteiger partial charge on any atom is 0.199 e. The fourth-order valence-electron chi connectivity index (χ4n) is 4.02. The van der Waals surface area contributed by atoms with E-state index in [2.05, 4.69) is 31.0 Å². The summed E-state index contributed by atoms with van der Waals surface area (Å²) in [7, 11) is 0. The second-order valence-electron chi connectivity index (χ2n) is 7.34. The molecule has 0 saturated carbocycles. The van der Waals surface area contributed by atoms with Gasteiger partial charge in [0.25, 0.3) is 0 Å². The lowest BCUT2D eigenvalue weighted by Crippen LogP contribution is -2.23. The Hall–Kier alpha value is -2.64. The Morgan fingerprint density at radius 2 is 2.00 bits per heavy atom. The van der Waals surface area contributed by atoms with Crippen molar-refractivity contribution >= 4 is 43.9 Å². The number of aliphatic imine (C=N–C) groups is 1. The van der Waals surface area contributed by atoms with E-state index in [1.165, 1.54) is 12.8 Å². The number of hydrogen-bond acceptors (Lipinski definition) is 5. The zero-order valence-electron chi connectivity index (χ0n) is 15.9. The largest absolute Gasteiger partial charge is 0.494 e. The fourth-order valence-corrected chi connectivity index (χ4v) is 4.38. The number of nitrogens with one attached hydrogen (secondary N) is 1. The third-order valence-corrected chi connectivity index (χ3v) is 5.94. The molecular formula is C22H21BrN4O2. The Labute approximate surface area is 177 Å². The maximum atomic E-state index is 10.6. The molecule has 0 aliphatic carbocycles. The summed E-state index contributed by atoms with van der Waals surface area (Å²) in [5, 5.41) is 16.0. The number of likely N-dealkylation sites (tertiary alicyclic amines) is 1. The van der Waals surface area contributed by atoms with E-state index < -0.39 is 0 Å². The molecule has 148 valence electrons. The number of hydrogen-bond donors (Lipinski definition) is 2. The molecule has 3 aromatic rings. The Balaban J connectivity index is 1.49. The van der Waals surface area contributed by atoms with Crippen molar-refractivity contribution in [1.82, 2.24) is 9.88 Å². The average molecular weight is 453 g/mol. The van der Waals surface area contributed by atoms with Gasteiger partial charge in [-0.25, -0.2) is 4.99 Å². The van der Waals surface area contributed by atoms with E-state index in [0.717, 1.165) is 46.3 Å². The van der Waals surface area contributed by atoms with Gasteiger partial charge in [0.15, 0.2) is 5.88 Å². The van der Waals surface area contributed by atoms with Crippen LogP contribution < -0.4 is 0 Å². The standard InChI is InChI=1S/C22H21BrN4O2/c23-14-7-8-15-18(13-14)25-22(28)19(15)21-20(16-5-1-2-6-17(16)24-21)26-29-12-11-27-9-3-4-10-27/h1-2,5-8,13,25,28H,3-4,9-12H2/b26-20-. The second kappa shape index (κ2) is 7.65. The van der Waals surface area contributed by atoms with Gasteiger partial charge in [-0.2, -0.15) is 0 Å².